The number of rotatable bonds is 9. The number of hydrogen-bond acceptors (Lipinski definition) is 7. The fraction of sp³-hybridized carbons (Fsp3) is 0.320. The number of anilines is 1. The zero-order valence-corrected chi connectivity index (χ0v) is 22.9. The summed E-state index contributed by atoms with van der Waals surface area (Å²) in [5.74, 6) is -0.0629. The molecule has 10 nitrogen and oxygen atoms in total. The first kappa shape index (κ1) is 27.9. The van der Waals surface area contributed by atoms with Gasteiger partial charge in [0.15, 0.2) is 11.0 Å². The third-order valence-corrected chi connectivity index (χ3v) is 7.23. The van der Waals surface area contributed by atoms with E-state index in [1.165, 1.54) is 17.8 Å². The highest BCUT2D eigenvalue weighted by molar-refractivity contribution is 7.99. The highest BCUT2D eigenvalue weighted by Gasteiger charge is 2.19. The molecule has 13 heteroatoms. The molecule has 1 fully saturated rings. The molecule has 0 aliphatic carbocycles. The first-order valence-electron chi connectivity index (χ1n) is 11.9. The van der Waals surface area contributed by atoms with Gasteiger partial charge in [-0.05, 0) is 43.3 Å². The van der Waals surface area contributed by atoms with E-state index in [4.69, 9.17) is 27.9 Å². The lowest BCUT2D eigenvalue weighted by Crippen LogP contribution is -2.40. The van der Waals surface area contributed by atoms with E-state index in [0.29, 0.717) is 65.7 Å². The zero-order chi connectivity index (χ0) is 27.1. The number of halogens is 2. The van der Waals surface area contributed by atoms with Crippen LogP contribution in [0.5, 0.6) is 0 Å². The highest BCUT2D eigenvalue weighted by Crippen LogP contribution is 2.22. The maximum atomic E-state index is 12.7. The molecule has 0 unspecified atom stereocenters. The lowest BCUT2D eigenvalue weighted by atomic mass is 10.1. The fourth-order valence-corrected chi connectivity index (χ4v) is 5.12. The monoisotopic (exact) mass is 576 g/mol. The van der Waals surface area contributed by atoms with Crippen LogP contribution in [0.1, 0.15) is 33.5 Å². The third kappa shape index (κ3) is 7.04. The molecule has 4 rings (SSSR count). The highest BCUT2D eigenvalue weighted by atomic mass is 35.5. The molecule has 2 aromatic carbocycles. The molecule has 1 saturated heterocycles. The van der Waals surface area contributed by atoms with Gasteiger partial charge in [-0.3, -0.25) is 14.4 Å². The molecule has 1 aliphatic heterocycles. The van der Waals surface area contributed by atoms with Gasteiger partial charge in [0.05, 0.1) is 36.1 Å². The molecule has 0 bridgehead atoms. The van der Waals surface area contributed by atoms with E-state index in [1.54, 1.807) is 41.3 Å². The zero-order valence-electron chi connectivity index (χ0n) is 20.6. The molecule has 2 heterocycles. The van der Waals surface area contributed by atoms with Crippen LogP contribution in [0.4, 0.5) is 5.69 Å². The summed E-state index contributed by atoms with van der Waals surface area (Å²) in [7, 11) is 0. The molecule has 1 aliphatic rings. The van der Waals surface area contributed by atoms with Crippen LogP contribution in [0, 0.1) is 0 Å². The summed E-state index contributed by atoms with van der Waals surface area (Å²) >= 11 is 13.2. The van der Waals surface area contributed by atoms with Crippen molar-refractivity contribution in [2.75, 3.05) is 37.4 Å². The molecule has 38 heavy (non-hydrogen) atoms. The van der Waals surface area contributed by atoms with Crippen LogP contribution >= 0.6 is 35.0 Å². The minimum Gasteiger partial charge on any atom is -0.378 e. The smallest absolute Gasteiger partial charge is 0.254 e. The van der Waals surface area contributed by atoms with Gasteiger partial charge >= 0.3 is 0 Å². The summed E-state index contributed by atoms with van der Waals surface area (Å²) in [4.78, 5) is 39.6. The van der Waals surface area contributed by atoms with Gasteiger partial charge in [-0.25, -0.2) is 0 Å². The van der Waals surface area contributed by atoms with Crippen LogP contribution in [0.15, 0.2) is 47.6 Å². The predicted molar refractivity (Wildman–Crippen MR) is 146 cm³/mol. The lowest BCUT2D eigenvalue weighted by Gasteiger charge is -2.27. The summed E-state index contributed by atoms with van der Waals surface area (Å²) in [5.41, 5.74) is 1.35. The van der Waals surface area contributed by atoms with Crippen LogP contribution < -0.4 is 10.6 Å². The predicted octanol–water partition coefficient (Wildman–Crippen LogP) is 3.74. The molecule has 0 atom stereocenters. The second kappa shape index (κ2) is 13.1. The van der Waals surface area contributed by atoms with Gasteiger partial charge in [0.25, 0.3) is 11.8 Å². The minimum absolute atomic E-state index is 0.0898. The van der Waals surface area contributed by atoms with E-state index >= 15 is 0 Å². The number of amides is 3. The van der Waals surface area contributed by atoms with E-state index < -0.39 is 0 Å². The van der Waals surface area contributed by atoms with Crippen molar-refractivity contribution in [2.45, 2.75) is 25.2 Å². The van der Waals surface area contributed by atoms with Crippen molar-refractivity contribution in [2.24, 2.45) is 0 Å². The fourth-order valence-electron chi connectivity index (χ4n) is 3.81. The average molecular weight is 577 g/mol. The van der Waals surface area contributed by atoms with Crippen LogP contribution in [0.2, 0.25) is 10.0 Å². The Hall–Kier alpha value is -3.12. The third-order valence-electron chi connectivity index (χ3n) is 5.72. The number of thioether (sulfide) groups is 1. The molecule has 3 aromatic rings. The Balaban J connectivity index is 1.32. The molecule has 0 radical (unpaired) electrons. The van der Waals surface area contributed by atoms with Crippen molar-refractivity contribution in [1.29, 1.82) is 0 Å². The van der Waals surface area contributed by atoms with Gasteiger partial charge in [-0.2, -0.15) is 0 Å². The summed E-state index contributed by atoms with van der Waals surface area (Å²) in [5, 5.41) is 15.2. The largest absolute Gasteiger partial charge is 0.378 e. The van der Waals surface area contributed by atoms with Crippen molar-refractivity contribution in [3.8, 4) is 0 Å². The van der Waals surface area contributed by atoms with Gasteiger partial charge in [0, 0.05) is 35.9 Å². The second-order valence-electron chi connectivity index (χ2n) is 8.27. The molecule has 3 amide bonds. The van der Waals surface area contributed by atoms with Gasteiger partial charge in [0.2, 0.25) is 5.91 Å². The Morgan fingerprint density at radius 3 is 2.61 bits per heavy atom. The summed E-state index contributed by atoms with van der Waals surface area (Å²) in [6, 6.07) is 11.5. The Morgan fingerprint density at radius 1 is 1.08 bits per heavy atom. The minimum atomic E-state index is -0.361. The quantitative estimate of drug-likeness (QED) is 0.372. The number of benzene rings is 2. The number of nitrogens with zero attached hydrogens (tertiary/aromatic N) is 4. The second-order valence-corrected chi connectivity index (χ2v) is 10.1. The molecule has 1 aromatic heterocycles. The van der Waals surface area contributed by atoms with Crippen LogP contribution in [-0.4, -0.2) is 69.4 Å². The van der Waals surface area contributed by atoms with Gasteiger partial charge in [-0.1, -0.05) is 41.0 Å². The maximum Gasteiger partial charge on any atom is 0.254 e. The van der Waals surface area contributed by atoms with Crippen molar-refractivity contribution >= 4 is 58.4 Å². The molecular formula is C25H26Cl2N6O4S. The van der Waals surface area contributed by atoms with Gasteiger partial charge < -0.3 is 24.8 Å². The standard InChI is InChI=1S/C25H26Cl2N6O4S/c1-2-33-21(14-28-23(35)19-7-6-17(26)13-20(19)27)30-31-25(33)38-15-22(34)29-18-5-3-4-16(12-18)24(36)32-8-10-37-11-9-32/h3-7,12-13H,2,8-11,14-15H2,1H3,(H,28,35)(H,29,34). The Kier molecular flexibility index (Phi) is 9.62. The number of morpholine rings is 1. The SMILES string of the molecule is CCn1c(CNC(=O)c2ccc(Cl)cc2Cl)nnc1SCC(=O)Nc1cccc(C(=O)N2CCOCC2)c1. The number of carbonyl (C=O) groups is 3. The Bertz CT molecular complexity index is 1330. The van der Waals surface area contributed by atoms with Crippen LogP contribution in [-0.2, 0) is 22.6 Å². The summed E-state index contributed by atoms with van der Waals surface area (Å²) < 4.78 is 7.12. The van der Waals surface area contributed by atoms with Crippen LogP contribution in [0.25, 0.3) is 0 Å². The van der Waals surface area contributed by atoms with Crippen molar-refractivity contribution in [3.63, 3.8) is 0 Å². The number of carbonyl (C=O) groups excluding carboxylic acids is 3. The molecule has 2 N–H and O–H groups in total. The molecule has 0 saturated carbocycles. The maximum absolute atomic E-state index is 12.7. The van der Waals surface area contributed by atoms with Gasteiger partial charge in [0.1, 0.15) is 0 Å². The van der Waals surface area contributed by atoms with Crippen molar-refractivity contribution in [3.05, 3.63) is 69.5 Å². The van der Waals surface area contributed by atoms with Crippen molar-refractivity contribution in [1.82, 2.24) is 25.0 Å². The summed E-state index contributed by atoms with van der Waals surface area (Å²) in [6.07, 6.45) is 0. The summed E-state index contributed by atoms with van der Waals surface area (Å²) in [6.45, 7) is 4.74. The van der Waals surface area contributed by atoms with Crippen molar-refractivity contribution < 1.29 is 19.1 Å². The number of aromatic nitrogens is 3. The first-order chi connectivity index (χ1) is 18.4. The Labute approximate surface area is 234 Å². The molecule has 200 valence electrons. The topological polar surface area (TPSA) is 118 Å². The number of nitrogens with one attached hydrogen (secondary N) is 2. The van der Waals surface area contributed by atoms with E-state index in [-0.39, 0.29) is 35.0 Å². The van der Waals surface area contributed by atoms with Gasteiger partial charge in [-0.15, -0.1) is 10.2 Å². The van der Waals surface area contributed by atoms with E-state index in [1.807, 2.05) is 11.5 Å². The van der Waals surface area contributed by atoms with E-state index in [0.717, 1.165) is 0 Å². The Morgan fingerprint density at radius 2 is 1.87 bits per heavy atom. The van der Waals surface area contributed by atoms with E-state index in [9.17, 15) is 14.4 Å². The average Bonchev–Trinajstić information content (AvgIpc) is 3.32. The first-order valence-corrected chi connectivity index (χ1v) is 13.6. The van der Waals surface area contributed by atoms with Crippen LogP contribution in [0.3, 0.4) is 0 Å². The number of hydrogen-bond donors (Lipinski definition) is 2. The lowest BCUT2D eigenvalue weighted by molar-refractivity contribution is -0.113. The van der Waals surface area contributed by atoms with E-state index in [2.05, 4.69) is 20.8 Å². The molecule has 0 spiro atoms. The molecular weight excluding hydrogens is 551 g/mol. The number of ether oxygens (including phenoxy) is 1. The normalized spacial score (nSPS) is 13.3.